The van der Waals surface area contributed by atoms with Crippen molar-refractivity contribution < 1.29 is 9.53 Å². The number of aromatic nitrogens is 1. The lowest BCUT2D eigenvalue weighted by atomic mass is 10.2. The van der Waals surface area contributed by atoms with E-state index in [0.717, 1.165) is 15.8 Å². The lowest BCUT2D eigenvalue weighted by Gasteiger charge is -1.92. The Morgan fingerprint density at radius 2 is 2.41 bits per heavy atom. The Labute approximate surface area is 107 Å². The summed E-state index contributed by atoms with van der Waals surface area (Å²) in [5.41, 5.74) is 1.58. The summed E-state index contributed by atoms with van der Waals surface area (Å²) < 4.78 is 6.16. The van der Waals surface area contributed by atoms with Crippen molar-refractivity contribution in [2.75, 3.05) is 6.61 Å². The van der Waals surface area contributed by atoms with Gasteiger partial charge in [0.05, 0.1) is 16.8 Å². The van der Waals surface area contributed by atoms with Crippen molar-refractivity contribution in [1.29, 1.82) is 0 Å². The van der Waals surface area contributed by atoms with Crippen LogP contribution in [0.5, 0.6) is 0 Å². The number of thiazole rings is 1. The van der Waals surface area contributed by atoms with E-state index in [1.807, 2.05) is 12.1 Å². The summed E-state index contributed by atoms with van der Waals surface area (Å²) in [4.78, 5) is 15.2. The van der Waals surface area contributed by atoms with Gasteiger partial charge in [-0.1, -0.05) is 17.5 Å². The Hall–Kier alpha value is -1.57. The fourth-order valence-electron chi connectivity index (χ4n) is 1.26. The number of esters is 1. The van der Waals surface area contributed by atoms with E-state index in [4.69, 9.17) is 16.3 Å². The highest BCUT2D eigenvalue weighted by atomic mass is 35.5. The van der Waals surface area contributed by atoms with Crippen molar-refractivity contribution in [3.8, 4) is 11.8 Å². The molecule has 0 N–H and O–H groups in total. The number of nitrogens with zero attached hydrogens (tertiary/aromatic N) is 1. The van der Waals surface area contributed by atoms with Gasteiger partial charge in [0.2, 0.25) is 0 Å². The number of ether oxygens (including phenoxy) is 1. The van der Waals surface area contributed by atoms with Crippen LogP contribution in [-0.4, -0.2) is 17.6 Å². The molecule has 0 bridgehead atoms. The molecule has 0 fully saturated rings. The zero-order valence-electron chi connectivity index (χ0n) is 8.99. The molecule has 1 heterocycles. The molecule has 0 saturated heterocycles. The minimum atomic E-state index is -0.519. The zero-order valence-corrected chi connectivity index (χ0v) is 10.6. The van der Waals surface area contributed by atoms with E-state index in [9.17, 15) is 4.79 Å². The van der Waals surface area contributed by atoms with E-state index >= 15 is 0 Å². The summed E-state index contributed by atoms with van der Waals surface area (Å²) in [7, 11) is 0. The second-order valence-corrected chi connectivity index (χ2v) is 4.73. The van der Waals surface area contributed by atoms with Crippen LogP contribution in [0, 0.1) is 11.8 Å². The molecule has 2 aromatic rings. The van der Waals surface area contributed by atoms with E-state index in [-0.39, 0.29) is 0 Å². The maximum atomic E-state index is 11.1. The summed E-state index contributed by atoms with van der Waals surface area (Å²) in [6, 6.07) is 5.47. The molecule has 86 valence electrons. The number of hydrogen-bond donors (Lipinski definition) is 0. The maximum Gasteiger partial charge on any atom is 0.384 e. The normalized spacial score (nSPS) is 9.76. The number of hydrogen-bond acceptors (Lipinski definition) is 4. The molecule has 0 unspecified atom stereocenters. The summed E-state index contributed by atoms with van der Waals surface area (Å²) in [6.07, 6.45) is 0. The van der Waals surface area contributed by atoms with Gasteiger partial charge in [0, 0.05) is 11.5 Å². The Morgan fingerprint density at radius 3 is 3.18 bits per heavy atom. The van der Waals surface area contributed by atoms with Crippen LogP contribution in [0.1, 0.15) is 12.5 Å². The fraction of sp³-hybridized carbons (Fsp3) is 0.167. The third kappa shape index (κ3) is 2.96. The molecule has 0 aliphatic rings. The van der Waals surface area contributed by atoms with Crippen molar-refractivity contribution in [3.05, 3.63) is 28.2 Å². The first-order valence-electron chi connectivity index (χ1n) is 4.94. The largest absolute Gasteiger partial charge is 0.456 e. The van der Waals surface area contributed by atoms with E-state index in [1.165, 1.54) is 11.3 Å². The quantitative estimate of drug-likeness (QED) is 0.588. The van der Waals surface area contributed by atoms with Gasteiger partial charge in [0.1, 0.15) is 0 Å². The first-order valence-corrected chi connectivity index (χ1v) is 6.13. The molecular weight excluding hydrogens is 258 g/mol. The van der Waals surface area contributed by atoms with Crippen molar-refractivity contribution in [2.24, 2.45) is 0 Å². The molecule has 0 aliphatic heterocycles. The molecule has 2 rings (SSSR count). The minimum absolute atomic E-state index is 0.330. The highest BCUT2D eigenvalue weighted by molar-refractivity contribution is 7.22. The average Bonchev–Trinajstić information content (AvgIpc) is 2.66. The van der Waals surface area contributed by atoms with E-state index < -0.39 is 5.97 Å². The highest BCUT2D eigenvalue weighted by Crippen LogP contribution is 2.26. The predicted molar refractivity (Wildman–Crippen MR) is 68.1 cm³/mol. The van der Waals surface area contributed by atoms with Gasteiger partial charge in [-0.2, -0.15) is 0 Å². The van der Waals surface area contributed by atoms with Gasteiger partial charge in [0.15, 0.2) is 4.47 Å². The molecule has 0 saturated carbocycles. The topological polar surface area (TPSA) is 39.2 Å². The number of fused-ring (bicyclic) bond motifs is 1. The number of halogens is 1. The molecular formula is C12H8ClNO2S. The van der Waals surface area contributed by atoms with Gasteiger partial charge in [-0.15, -0.1) is 11.3 Å². The predicted octanol–water partition coefficient (Wildman–Crippen LogP) is 2.86. The number of carbonyl (C=O) groups excluding carboxylic acids is 1. The molecule has 3 nitrogen and oxygen atoms in total. The summed E-state index contributed by atoms with van der Waals surface area (Å²) in [6.45, 7) is 2.07. The Kier molecular flexibility index (Phi) is 3.62. The van der Waals surface area contributed by atoms with E-state index in [0.29, 0.717) is 11.1 Å². The lowest BCUT2D eigenvalue weighted by Crippen LogP contribution is -1.99. The summed E-state index contributed by atoms with van der Waals surface area (Å²) in [5.74, 6) is 4.63. The van der Waals surface area contributed by atoms with Crippen molar-refractivity contribution in [1.82, 2.24) is 4.98 Å². The molecule has 0 spiro atoms. The Bertz CT molecular complexity index is 624. The smallest absolute Gasteiger partial charge is 0.384 e. The minimum Gasteiger partial charge on any atom is -0.456 e. The number of rotatable bonds is 1. The summed E-state index contributed by atoms with van der Waals surface area (Å²) >= 11 is 7.18. The standard InChI is InChI=1S/C12H8ClNO2S/c1-2-16-11(15)6-4-8-3-5-9-10(7-8)17-12(13)14-9/h3,5,7H,2H2,1H3. The molecule has 0 radical (unpaired) electrons. The first-order chi connectivity index (χ1) is 8.19. The second-order valence-electron chi connectivity index (χ2n) is 3.12. The van der Waals surface area contributed by atoms with Gasteiger partial charge >= 0.3 is 5.97 Å². The third-order valence-electron chi connectivity index (χ3n) is 1.95. The van der Waals surface area contributed by atoms with Crippen molar-refractivity contribution >= 4 is 39.1 Å². The van der Waals surface area contributed by atoms with E-state index in [1.54, 1.807) is 13.0 Å². The van der Waals surface area contributed by atoms with E-state index in [2.05, 4.69) is 16.8 Å². The third-order valence-corrected chi connectivity index (χ3v) is 3.07. The number of benzene rings is 1. The Morgan fingerprint density at radius 1 is 1.59 bits per heavy atom. The molecule has 1 aromatic carbocycles. The van der Waals surface area contributed by atoms with Crippen LogP contribution in [0.25, 0.3) is 10.2 Å². The average molecular weight is 266 g/mol. The van der Waals surface area contributed by atoms with Gasteiger partial charge in [-0.3, -0.25) is 0 Å². The molecule has 0 atom stereocenters. The SMILES string of the molecule is CCOC(=O)C#Cc1ccc2nc(Cl)sc2c1. The van der Waals surface area contributed by atoms with Crippen LogP contribution in [0.3, 0.4) is 0 Å². The van der Waals surface area contributed by atoms with Crippen molar-refractivity contribution in [2.45, 2.75) is 6.92 Å². The molecule has 0 amide bonds. The van der Waals surface area contributed by atoms with Gasteiger partial charge < -0.3 is 4.74 Å². The van der Waals surface area contributed by atoms with Crippen LogP contribution < -0.4 is 0 Å². The van der Waals surface area contributed by atoms with Crippen LogP contribution in [0.4, 0.5) is 0 Å². The van der Waals surface area contributed by atoms with Crippen LogP contribution >= 0.6 is 22.9 Å². The van der Waals surface area contributed by atoms with Gasteiger partial charge in [-0.25, -0.2) is 9.78 Å². The fourth-order valence-corrected chi connectivity index (χ4v) is 2.33. The van der Waals surface area contributed by atoms with Gasteiger partial charge in [-0.05, 0) is 25.1 Å². The van der Waals surface area contributed by atoms with Crippen LogP contribution in [-0.2, 0) is 9.53 Å². The molecule has 0 aliphatic carbocycles. The van der Waals surface area contributed by atoms with Crippen molar-refractivity contribution in [3.63, 3.8) is 0 Å². The van der Waals surface area contributed by atoms with Crippen LogP contribution in [0.2, 0.25) is 4.47 Å². The maximum absolute atomic E-state index is 11.1. The molecule has 17 heavy (non-hydrogen) atoms. The lowest BCUT2D eigenvalue weighted by molar-refractivity contribution is -0.136. The molecule has 1 aromatic heterocycles. The molecule has 5 heteroatoms. The summed E-state index contributed by atoms with van der Waals surface area (Å²) in [5, 5.41) is 0. The highest BCUT2D eigenvalue weighted by Gasteiger charge is 2.01. The Balaban J connectivity index is 2.27. The monoisotopic (exact) mass is 265 g/mol. The number of carbonyl (C=O) groups is 1. The zero-order chi connectivity index (χ0) is 12.3. The second kappa shape index (κ2) is 5.17. The van der Waals surface area contributed by atoms with Gasteiger partial charge in [0.25, 0.3) is 0 Å². The van der Waals surface area contributed by atoms with Crippen LogP contribution in [0.15, 0.2) is 18.2 Å². The first kappa shape index (κ1) is 11.9.